The zero-order chi connectivity index (χ0) is 15.4. The number of allylic oxidation sites excluding steroid dienone is 2. The molecule has 0 aliphatic rings. The van der Waals surface area contributed by atoms with Gasteiger partial charge >= 0.3 is 7.60 Å². The van der Waals surface area contributed by atoms with Gasteiger partial charge in [-0.05, 0) is 26.3 Å². The number of hydrogen-bond acceptors (Lipinski definition) is 6. The van der Waals surface area contributed by atoms with Gasteiger partial charge in [-0.2, -0.15) is 5.26 Å². The van der Waals surface area contributed by atoms with Crippen LogP contribution in [0.1, 0.15) is 33.6 Å². The summed E-state index contributed by atoms with van der Waals surface area (Å²) in [6.45, 7) is 6.16. The first-order chi connectivity index (χ1) is 9.55. The predicted molar refractivity (Wildman–Crippen MR) is 78.8 cm³/mol. The highest BCUT2D eigenvalue weighted by atomic mass is 31.2. The molecule has 0 saturated heterocycles. The van der Waals surface area contributed by atoms with Gasteiger partial charge in [0.05, 0.1) is 19.4 Å². The van der Waals surface area contributed by atoms with Crippen molar-refractivity contribution < 1.29 is 18.5 Å². The minimum Gasteiger partial charge on any atom is -0.398 e. The molecule has 0 aromatic rings. The van der Waals surface area contributed by atoms with E-state index in [1.54, 1.807) is 19.9 Å². The summed E-state index contributed by atoms with van der Waals surface area (Å²) < 4.78 is 23.0. The molecule has 7 heteroatoms. The number of nitriles is 1. The third-order valence-electron chi connectivity index (χ3n) is 2.26. The maximum atomic E-state index is 12.5. The van der Waals surface area contributed by atoms with Crippen LogP contribution in [0.4, 0.5) is 0 Å². The van der Waals surface area contributed by atoms with Gasteiger partial charge in [0, 0.05) is 0 Å². The molecule has 0 aliphatic carbocycles. The first-order valence-corrected chi connectivity index (χ1v) is 8.36. The molecule has 20 heavy (non-hydrogen) atoms. The van der Waals surface area contributed by atoms with Crippen molar-refractivity contribution in [3.63, 3.8) is 0 Å². The molecule has 0 amide bonds. The fraction of sp³-hybridized carbons (Fsp3) is 0.692. The quantitative estimate of drug-likeness (QED) is 0.350. The van der Waals surface area contributed by atoms with Crippen molar-refractivity contribution in [3.05, 3.63) is 11.6 Å². The van der Waals surface area contributed by atoms with Crippen LogP contribution in [-0.2, 0) is 18.5 Å². The molecule has 6 nitrogen and oxygen atoms in total. The van der Waals surface area contributed by atoms with Crippen LogP contribution in [0.5, 0.6) is 0 Å². The molecular weight excluding hydrogens is 279 g/mol. The van der Waals surface area contributed by atoms with Gasteiger partial charge in [0.15, 0.2) is 5.71 Å². The lowest BCUT2D eigenvalue weighted by atomic mass is 10.1. The van der Waals surface area contributed by atoms with E-state index in [4.69, 9.17) is 14.3 Å². The summed E-state index contributed by atoms with van der Waals surface area (Å²) in [5.41, 5.74) is 0.936. The van der Waals surface area contributed by atoms with E-state index in [0.29, 0.717) is 19.6 Å². The molecule has 0 rings (SSSR count). The zero-order valence-corrected chi connectivity index (χ0v) is 13.5. The van der Waals surface area contributed by atoms with Gasteiger partial charge < -0.3 is 13.9 Å². The lowest BCUT2D eigenvalue weighted by molar-refractivity contribution is 0.214. The Kier molecular flexibility index (Phi) is 10.0. The SMILES string of the molecule is CCCC(=CC(C#N)=NOC)CP(=O)(OCC)OCC. The second-order valence-corrected chi connectivity index (χ2v) is 5.98. The van der Waals surface area contributed by atoms with Crippen molar-refractivity contribution in [2.75, 3.05) is 26.5 Å². The summed E-state index contributed by atoms with van der Waals surface area (Å²) >= 11 is 0. The molecule has 0 saturated carbocycles. The normalized spacial score (nSPS) is 13.2. The van der Waals surface area contributed by atoms with E-state index in [2.05, 4.69) is 9.99 Å². The van der Waals surface area contributed by atoms with Crippen LogP contribution in [0.3, 0.4) is 0 Å². The van der Waals surface area contributed by atoms with Crippen LogP contribution in [-0.4, -0.2) is 32.2 Å². The molecule has 0 spiro atoms. The maximum absolute atomic E-state index is 12.5. The van der Waals surface area contributed by atoms with Crippen LogP contribution in [0.2, 0.25) is 0 Å². The van der Waals surface area contributed by atoms with E-state index in [1.807, 2.05) is 13.0 Å². The largest absolute Gasteiger partial charge is 0.398 e. The second-order valence-electron chi connectivity index (χ2n) is 3.93. The van der Waals surface area contributed by atoms with Crippen LogP contribution >= 0.6 is 7.60 Å². The standard InChI is InChI=1S/C13H23N2O4P/c1-5-8-12(9-13(10-14)15-17-4)11-20(16,18-6-2)19-7-3/h9H,5-8,11H2,1-4H3. The number of nitrogens with zero attached hydrogens (tertiary/aromatic N) is 2. The molecule has 0 fully saturated rings. The van der Waals surface area contributed by atoms with Crippen LogP contribution in [0.15, 0.2) is 16.8 Å². The van der Waals surface area contributed by atoms with E-state index in [1.165, 1.54) is 7.11 Å². The summed E-state index contributed by atoms with van der Waals surface area (Å²) in [6, 6.07) is 1.92. The summed E-state index contributed by atoms with van der Waals surface area (Å²) in [6.07, 6.45) is 3.29. The highest BCUT2D eigenvalue weighted by Crippen LogP contribution is 2.50. The molecule has 0 bridgehead atoms. The fourth-order valence-electron chi connectivity index (χ4n) is 1.66. The Morgan fingerprint density at radius 1 is 1.30 bits per heavy atom. The Morgan fingerprint density at radius 3 is 2.30 bits per heavy atom. The van der Waals surface area contributed by atoms with Crippen LogP contribution in [0.25, 0.3) is 0 Å². The maximum Gasteiger partial charge on any atom is 0.334 e. The minimum absolute atomic E-state index is 0.135. The fourth-order valence-corrected chi connectivity index (χ4v) is 3.45. The molecule has 0 radical (unpaired) electrons. The molecule has 114 valence electrons. The molecular formula is C13H23N2O4P. The van der Waals surface area contributed by atoms with E-state index in [0.717, 1.165) is 12.0 Å². The Morgan fingerprint density at radius 2 is 1.90 bits per heavy atom. The van der Waals surface area contributed by atoms with E-state index in [-0.39, 0.29) is 11.9 Å². The first kappa shape index (κ1) is 18.9. The minimum atomic E-state index is -3.16. The first-order valence-electron chi connectivity index (χ1n) is 6.64. The molecule has 0 aliphatic heterocycles. The van der Waals surface area contributed by atoms with Gasteiger partial charge in [0.2, 0.25) is 0 Å². The van der Waals surface area contributed by atoms with E-state index in [9.17, 15) is 4.57 Å². The topological polar surface area (TPSA) is 80.9 Å². The van der Waals surface area contributed by atoms with Gasteiger partial charge in [0.1, 0.15) is 13.2 Å². The molecule has 0 unspecified atom stereocenters. The van der Waals surface area contributed by atoms with Crippen LogP contribution in [0, 0.1) is 11.3 Å². The lowest BCUT2D eigenvalue weighted by Crippen LogP contribution is -2.04. The Balaban J connectivity index is 5.18. The molecule has 0 N–H and O–H groups in total. The number of rotatable bonds is 10. The smallest absolute Gasteiger partial charge is 0.334 e. The van der Waals surface area contributed by atoms with Gasteiger partial charge in [-0.25, -0.2) is 0 Å². The third-order valence-corrected chi connectivity index (χ3v) is 4.36. The molecule has 0 atom stereocenters. The summed E-state index contributed by atoms with van der Waals surface area (Å²) in [5.74, 6) is 0. The summed E-state index contributed by atoms with van der Waals surface area (Å²) in [7, 11) is -1.79. The highest BCUT2D eigenvalue weighted by Gasteiger charge is 2.25. The van der Waals surface area contributed by atoms with Crippen molar-refractivity contribution in [1.29, 1.82) is 5.26 Å². The van der Waals surface area contributed by atoms with Gasteiger partial charge in [-0.1, -0.05) is 24.1 Å². The molecule has 0 aromatic heterocycles. The average Bonchev–Trinajstić information content (AvgIpc) is 2.38. The zero-order valence-electron chi connectivity index (χ0n) is 12.6. The van der Waals surface area contributed by atoms with Gasteiger partial charge in [-0.15, -0.1) is 0 Å². The Bertz CT molecular complexity index is 417. The van der Waals surface area contributed by atoms with Crippen molar-refractivity contribution in [2.24, 2.45) is 5.16 Å². The average molecular weight is 302 g/mol. The lowest BCUT2D eigenvalue weighted by Gasteiger charge is -2.18. The Labute approximate surface area is 120 Å². The molecule has 0 heterocycles. The summed E-state index contributed by atoms with van der Waals surface area (Å²) in [4.78, 5) is 4.59. The van der Waals surface area contributed by atoms with Crippen molar-refractivity contribution in [1.82, 2.24) is 0 Å². The van der Waals surface area contributed by atoms with E-state index < -0.39 is 7.60 Å². The van der Waals surface area contributed by atoms with Crippen molar-refractivity contribution >= 4 is 13.3 Å². The van der Waals surface area contributed by atoms with Crippen LogP contribution < -0.4 is 0 Å². The van der Waals surface area contributed by atoms with Crippen molar-refractivity contribution in [3.8, 4) is 6.07 Å². The predicted octanol–water partition coefficient (Wildman–Crippen LogP) is 3.50. The number of oxime groups is 1. The number of hydrogen-bond donors (Lipinski definition) is 0. The second kappa shape index (κ2) is 10.6. The summed E-state index contributed by atoms with van der Waals surface area (Å²) in [5, 5.41) is 12.5. The Hall–Kier alpha value is -1.15. The highest BCUT2D eigenvalue weighted by molar-refractivity contribution is 7.54. The van der Waals surface area contributed by atoms with Gasteiger partial charge in [0.25, 0.3) is 0 Å². The third kappa shape index (κ3) is 7.44. The van der Waals surface area contributed by atoms with E-state index >= 15 is 0 Å². The van der Waals surface area contributed by atoms with Gasteiger partial charge in [-0.3, -0.25) is 4.57 Å². The van der Waals surface area contributed by atoms with Crippen molar-refractivity contribution in [2.45, 2.75) is 33.6 Å². The monoisotopic (exact) mass is 302 g/mol. The molecule has 0 aromatic carbocycles.